The first-order chi connectivity index (χ1) is 19.6. The fourth-order valence-electron chi connectivity index (χ4n) is 5.50. The molecule has 1 aliphatic carbocycles. The monoisotopic (exact) mass is 532 g/mol. The predicted molar refractivity (Wildman–Crippen MR) is 152 cm³/mol. The highest BCUT2D eigenvalue weighted by Crippen LogP contribution is 2.30. The molecule has 0 bridgehead atoms. The summed E-state index contributed by atoms with van der Waals surface area (Å²) in [5.74, 6) is 1.78. The van der Waals surface area contributed by atoms with Gasteiger partial charge in [-0.05, 0) is 49.9 Å². The number of fused-ring (bicyclic) bond motifs is 2. The summed E-state index contributed by atoms with van der Waals surface area (Å²) in [6, 6.07) is 7.64. The topological polar surface area (TPSA) is 143 Å². The lowest BCUT2D eigenvalue weighted by Crippen LogP contribution is -2.18. The minimum absolute atomic E-state index is 0.0379. The quantitative estimate of drug-likeness (QED) is 0.262. The van der Waals surface area contributed by atoms with Crippen LogP contribution in [0.1, 0.15) is 44.2 Å². The number of H-pyrrole nitrogens is 2. The molecule has 1 fully saturated rings. The number of nitrogens with zero attached hydrogens (tertiary/aromatic N) is 7. The van der Waals surface area contributed by atoms with Gasteiger partial charge in [-0.2, -0.15) is 5.10 Å². The van der Waals surface area contributed by atoms with Crippen molar-refractivity contribution in [3.63, 3.8) is 0 Å². The van der Waals surface area contributed by atoms with Crippen LogP contribution in [-0.2, 0) is 4.79 Å². The summed E-state index contributed by atoms with van der Waals surface area (Å²) in [6.07, 6.45) is 15.3. The maximum atomic E-state index is 12.7. The van der Waals surface area contributed by atoms with Gasteiger partial charge < -0.3 is 10.3 Å². The minimum atomic E-state index is 0.0379. The van der Waals surface area contributed by atoms with Crippen LogP contribution in [0.4, 0.5) is 5.69 Å². The van der Waals surface area contributed by atoms with Gasteiger partial charge in [-0.15, -0.1) is 0 Å². The standard InChI is InChI=1S/C29H28N10O/c1-17-15-39(16-32-17)29-26-22(9-10-31-29)35-28(36-26)27-25-23(37-38-27)8-7-21(34-25)19-12-20(14-30-13-19)33-24(40)11-18-5-3-2-4-6-18/h7-10,12-16,18H,2-6,11H2,1H3,(H,33,40)(H,35,36)(H,37,38). The Morgan fingerprint density at radius 2 is 1.95 bits per heavy atom. The van der Waals surface area contributed by atoms with Gasteiger partial charge in [0.05, 0.1) is 34.3 Å². The molecule has 6 aromatic rings. The Bertz CT molecular complexity index is 1840. The van der Waals surface area contributed by atoms with Crippen LogP contribution in [0.25, 0.3) is 50.7 Å². The van der Waals surface area contributed by atoms with Crippen molar-refractivity contribution in [2.75, 3.05) is 5.32 Å². The summed E-state index contributed by atoms with van der Waals surface area (Å²) < 4.78 is 1.86. The molecule has 0 atom stereocenters. The van der Waals surface area contributed by atoms with Gasteiger partial charge in [0.1, 0.15) is 17.4 Å². The number of carbonyl (C=O) groups is 1. The molecule has 6 heterocycles. The summed E-state index contributed by atoms with van der Waals surface area (Å²) >= 11 is 0. The number of hydrogen-bond acceptors (Lipinski definition) is 7. The Hall–Kier alpha value is -4.93. The first-order valence-corrected chi connectivity index (χ1v) is 13.6. The summed E-state index contributed by atoms with van der Waals surface area (Å²) in [5, 5.41) is 10.6. The molecule has 40 heavy (non-hydrogen) atoms. The maximum Gasteiger partial charge on any atom is 0.224 e. The molecule has 1 amide bonds. The van der Waals surface area contributed by atoms with Crippen molar-refractivity contribution in [2.45, 2.75) is 45.4 Å². The number of rotatable bonds is 6. The number of pyridine rings is 3. The van der Waals surface area contributed by atoms with Crippen LogP contribution >= 0.6 is 0 Å². The Morgan fingerprint density at radius 3 is 2.80 bits per heavy atom. The lowest BCUT2D eigenvalue weighted by molar-refractivity contribution is -0.117. The molecular formula is C29H28N10O. The first-order valence-electron chi connectivity index (χ1n) is 13.6. The highest BCUT2D eigenvalue weighted by atomic mass is 16.1. The van der Waals surface area contributed by atoms with E-state index in [1.807, 2.05) is 42.0 Å². The van der Waals surface area contributed by atoms with Crippen molar-refractivity contribution in [2.24, 2.45) is 5.92 Å². The zero-order valence-corrected chi connectivity index (χ0v) is 22.1. The lowest BCUT2D eigenvalue weighted by Gasteiger charge is -2.20. The number of hydrogen-bond donors (Lipinski definition) is 3. The number of carbonyl (C=O) groups excluding carboxylic acids is 1. The van der Waals surface area contributed by atoms with Crippen LogP contribution in [0.5, 0.6) is 0 Å². The van der Waals surface area contributed by atoms with Crippen molar-refractivity contribution < 1.29 is 4.79 Å². The van der Waals surface area contributed by atoms with Crippen molar-refractivity contribution in [1.29, 1.82) is 0 Å². The average molecular weight is 533 g/mol. The Balaban J connectivity index is 1.19. The maximum absolute atomic E-state index is 12.7. The smallest absolute Gasteiger partial charge is 0.224 e. The predicted octanol–water partition coefficient (Wildman–Crippen LogP) is 5.36. The van der Waals surface area contributed by atoms with Crippen molar-refractivity contribution >= 4 is 33.7 Å². The van der Waals surface area contributed by atoms with Crippen molar-refractivity contribution in [3.05, 3.63) is 61.1 Å². The van der Waals surface area contributed by atoms with E-state index in [4.69, 9.17) is 9.97 Å². The number of amides is 1. The summed E-state index contributed by atoms with van der Waals surface area (Å²) in [5.41, 5.74) is 6.69. The lowest BCUT2D eigenvalue weighted by atomic mass is 9.87. The number of aromatic amines is 2. The second kappa shape index (κ2) is 9.99. The molecule has 0 unspecified atom stereocenters. The molecule has 11 heteroatoms. The molecule has 0 aliphatic heterocycles. The van der Waals surface area contributed by atoms with E-state index in [0.29, 0.717) is 46.4 Å². The Kier molecular flexibility index (Phi) is 6.03. The molecular weight excluding hydrogens is 504 g/mol. The number of aryl methyl sites for hydroxylation is 1. The molecule has 3 N–H and O–H groups in total. The van der Waals surface area contributed by atoms with Gasteiger partial charge in [-0.25, -0.2) is 19.9 Å². The van der Waals surface area contributed by atoms with E-state index in [1.165, 1.54) is 19.3 Å². The van der Waals surface area contributed by atoms with Gasteiger partial charge in [-0.1, -0.05) is 19.3 Å². The number of nitrogens with one attached hydrogen (secondary N) is 3. The molecule has 0 saturated heterocycles. The van der Waals surface area contributed by atoms with E-state index in [0.717, 1.165) is 40.8 Å². The molecule has 7 rings (SSSR count). The van der Waals surface area contributed by atoms with Gasteiger partial charge in [0, 0.05) is 30.6 Å². The molecule has 0 aromatic carbocycles. The van der Waals surface area contributed by atoms with Crippen LogP contribution in [-0.4, -0.2) is 50.6 Å². The molecule has 0 spiro atoms. The van der Waals surface area contributed by atoms with Gasteiger partial charge in [0.15, 0.2) is 17.3 Å². The van der Waals surface area contributed by atoms with E-state index in [-0.39, 0.29) is 5.91 Å². The zero-order valence-electron chi connectivity index (χ0n) is 22.1. The van der Waals surface area contributed by atoms with Crippen LogP contribution in [0, 0.1) is 12.8 Å². The van der Waals surface area contributed by atoms with E-state index in [2.05, 4.69) is 35.5 Å². The van der Waals surface area contributed by atoms with E-state index < -0.39 is 0 Å². The molecule has 200 valence electrons. The number of imidazole rings is 2. The molecule has 6 aromatic heterocycles. The van der Waals surface area contributed by atoms with E-state index in [9.17, 15) is 4.79 Å². The van der Waals surface area contributed by atoms with Crippen molar-refractivity contribution in [3.8, 4) is 28.6 Å². The third-order valence-electron chi connectivity index (χ3n) is 7.49. The number of aromatic nitrogens is 9. The first kappa shape index (κ1) is 24.1. The summed E-state index contributed by atoms with van der Waals surface area (Å²) in [4.78, 5) is 39.0. The molecule has 1 aliphatic rings. The van der Waals surface area contributed by atoms with E-state index in [1.54, 1.807) is 24.9 Å². The van der Waals surface area contributed by atoms with Crippen LogP contribution < -0.4 is 5.32 Å². The second-order valence-corrected chi connectivity index (χ2v) is 10.4. The third kappa shape index (κ3) is 4.59. The van der Waals surface area contributed by atoms with E-state index >= 15 is 0 Å². The zero-order chi connectivity index (χ0) is 27.1. The third-order valence-corrected chi connectivity index (χ3v) is 7.49. The van der Waals surface area contributed by atoms with Gasteiger partial charge in [0.25, 0.3) is 0 Å². The van der Waals surface area contributed by atoms with Gasteiger partial charge in [-0.3, -0.25) is 19.4 Å². The average Bonchev–Trinajstić information content (AvgIpc) is 3.71. The second-order valence-electron chi connectivity index (χ2n) is 10.4. The van der Waals surface area contributed by atoms with Crippen molar-refractivity contribution in [1.82, 2.24) is 44.7 Å². The van der Waals surface area contributed by atoms with Gasteiger partial charge in [0.2, 0.25) is 5.91 Å². The van der Waals surface area contributed by atoms with Crippen LogP contribution in [0.3, 0.4) is 0 Å². The largest absolute Gasteiger partial charge is 0.336 e. The van der Waals surface area contributed by atoms with Crippen LogP contribution in [0.15, 0.2) is 55.4 Å². The normalized spacial score (nSPS) is 14.2. The molecule has 11 nitrogen and oxygen atoms in total. The summed E-state index contributed by atoms with van der Waals surface area (Å²) in [6.45, 7) is 1.93. The fraction of sp³-hybridized carbons (Fsp3) is 0.276. The SMILES string of the molecule is Cc1cn(-c2nccc3[nH]c(-c4n[nH]c5ccc(-c6cncc(NC(=O)CC7CCCCC7)c6)nc45)nc23)cn1. The minimum Gasteiger partial charge on any atom is -0.336 e. The fourth-order valence-corrected chi connectivity index (χ4v) is 5.50. The molecule has 1 saturated carbocycles. The highest BCUT2D eigenvalue weighted by Gasteiger charge is 2.19. The Labute approximate surface area is 229 Å². The van der Waals surface area contributed by atoms with Gasteiger partial charge >= 0.3 is 0 Å². The Morgan fingerprint density at radius 1 is 1.05 bits per heavy atom. The summed E-state index contributed by atoms with van der Waals surface area (Å²) in [7, 11) is 0. The number of anilines is 1. The highest BCUT2D eigenvalue weighted by molar-refractivity contribution is 5.93. The molecule has 0 radical (unpaired) electrons. The van der Waals surface area contributed by atoms with Crippen LogP contribution in [0.2, 0.25) is 0 Å².